The Kier molecular flexibility index (Phi) is 6.59. The van der Waals surface area contributed by atoms with Crippen molar-refractivity contribution in [1.29, 1.82) is 0 Å². The number of nitrogens with zero attached hydrogens (tertiary/aromatic N) is 1. The molecule has 7 heteroatoms. The van der Waals surface area contributed by atoms with E-state index in [1.165, 1.54) is 31.8 Å². The van der Waals surface area contributed by atoms with Crippen LogP contribution in [0.25, 0.3) is 0 Å². The molecular formula is C21H25F3N2O2. The van der Waals surface area contributed by atoms with Crippen LogP contribution in [0.2, 0.25) is 0 Å². The number of anilines is 1. The van der Waals surface area contributed by atoms with Gasteiger partial charge in [-0.25, -0.2) is 4.79 Å². The molecule has 0 aliphatic carbocycles. The molecule has 0 heterocycles. The van der Waals surface area contributed by atoms with Crippen molar-refractivity contribution in [1.82, 2.24) is 5.32 Å². The van der Waals surface area contributed by atoms with Crippen LogP contribution in [0.1, 0.15) is 34.7 Å². The molecule has 0 atom stereocenters. The molecule has 0 radical (unpaired) electrons. The third-order valence-electron chi connectivity index (χ3n) is 4.72. The lowest BCUT2D eigenvalue weighted by Gasteiger charge is -2.24. The van der Waals surface area contributed by atoms with E-state index in [1.807, 2.05) is 32.9 Å². The Hall–Kier alpha value is -2.70. The second kappa shape index (κ2) is 8.54. The largest absolute Gasteiger partial charge is 0.489 e. The number of rotatable bonds is 5. The van der Waals surface area contributed by atoms with Crippen LogP contribution in [0.4, 0.5) is 23.7 Å². The molecule has 0 fully saturated rings. The van der Waals surface area contributed by atoms with E-state index in [0.29, 0.717) is 5.75 Å². The Morgan fingerprint density at radius 2 is 1.86 bits per heavy atom. The third-order valence-corrected chi connectivity index (χ3v) is 4.72. The molecule has 2 rings (SSSR count). The number of amides is 2. The van der Waals surface area contributed by atoms with Crippen molar-refractivity contribution in [3.8, 4) is 5.75 Å². The topological polar surface area (TPSA) is 41.6 Å². The maximum absolute atomic E-state index is 13.6. The Morgan fingerprint density at radius 3 is 2.43 bits per heavy atom. The summed E-state index contributed by atoms with van der Waals surface area (Å²) < 4.78 is 46.5. The minimum atomic E-state index is -4.56. The molecule has 0 unspecified atom stereocenters. The Labute approximate surface area is 163 Å². The summed E-state index contributed by atoms with van der Waals surface area (Å²) in [4.78, 5) is 13.1. The third kappa shape index (κ3) is 4.58. The number of nitrogens with one attached hydrogen (secondary N) is 1. The quantitative estimate of drug-likeness (QED) is 0.754. The number of ether oxygens (including phenoxy) is 1. The zero-order chi connectivity index (χ0) is 21.1. The lowest BCUT2D eigenvalue weighted by atomic mass is 10.0. The molecule has 0 aliphatic heterocycles. The summed E-state index contributed by atoms with van der Waals surface area (Å²) in [6.45, 7) is 5.54. The number of hydrogen-bond acceptors (Lipinski definition) is 2. The highest BCUT2D eigenvalue weighted by molar-refractivity contribution is 5.92. The van der Waals surface area contributed by atoms with Gasteiger partial charge in [0, 0.05) is 19.7 Å². The van der Waals surface area contributed by atoms with Gasteiger partial charge in [-0.3, -0.25) is 4.90 Å². The number of alkyl halides is 3. The van der Waals surface area contributed by atoms with E-state index in [2.05, 4.69) is 5.32 Å². The van der Waals surface area contributed by atoms with E-state index in [1.54, 1.807) is 0 Å². The Bertz CT molecular complexity index is 863. The number of carbonyl (C=O) groups excluding carboxylic acids is 1. The molecule has 2 aromatic rings. The molecule has 0 bridgehead atoms. The van der Waals surface area contributed by atoms with Crippen LogP contribution < -0.4 is 15.0 Å². The van der Waals surface area contributed by atoms with Gasteiger partial charge in [0.15, 0.2) is 0 Å². The number of hydrogen-bond donors (Lipinski definition) is 1. The lowest BCUT2D eigenvalue weighted by molar-refractivity contribution is -0.138. The second-order valence-corrected chi connectivity index (χ2v) is 6.60. The van der Waals surface area contributed by atoms with Gasteiger partial charge in [-0.2, -0.15) is 13.2 Å². The number of benzene rings is 2. The van der Waals surface area contributed by atoms with Crippen LogP contribution in [0.15, 0.2) is 30.3 Å². The van der Waals surface area contributed by atoms with Crippen LogP contribution in [0.5, 0.6) is 5.75 Å². The van der Waals surface area contributed by atoms with Crippen LogP contribution in [-0.4, -0.2) is 20.1 Å². The molecule has 4 nitrogen and oxygen atoms in total. The zero-order valence-electron chi connectivity index (χ0n) is 16.7. The van der Waals surface area contributed by atoms with Crippen LogP contribution in [-0.2, 0) is 19.2 Å². The minimum absolute atomic E-state index is 0.0854. The fourth-order valence-corrected chi connectivity index (χ4v) is 3.12. The van der Waals surface area contributed by atoms with Crippen molar-refractivity contribution >= 4 is 11.7 Å². The summed E-state index contributed by atoms with van der Waals surface area (Å²) in [5.74, 6) is 0.528. The highest BCUT2D eigenvalue weighted by atomic mass is 19.4. The number of carbonyl (C=O) groups is 1. The van der Waals surface area contributed by atoms with E-state index < -0.39 is 17.8 Å². The first-order valence-corrected chi connectivity index (χ1v) is 8.97. The minimum Gasteiger partial charge on any atom is -0.489 e. The monoisotopic (exact) mass is 394 g/mol. The summed E-state index contributed by atoms with van der Waals surface area (Å²) in [6.07, 6.45) is -3.69. The molecule has 0 aliphatic rings. The predicted molar refractivity (Wildman–Crippen MR) is 104 cm³/mol. The van der Waals surface area contributed by atoms with Crippen LogP contribution >= 0.6 is 0 Å². The first-order chi connectivity index (χ1) is 13.1. The van der Waals surface area contributed by atoms with Crippen molar-refractivity contribution in [2.45, 2.75) is 40.0 Å². The summed E-state index contributed by atoms with van der Waals surface area (Å²) in [6, 6.07) is 7.07. The van der Waals surface area contributed by atoms with E-state index in [9.17, 15) is 18.0 Å². The standard InChI is InChI=1S/C21H25F3N2O2/c1-6-15-10-14(3)19(11-13(15)2)28-12-16-17(21(22,23)24)8-7-9-18(16)26(5)20(27)25-4/h7-11H,6,12H2,1-5H3,(H,25,27). The maximum atomic E-state index is 13.6. The van der Waals surface area contributed by atoms with Gasteiger partial charge >= 0.3 is 12.2 Å². The maximum Gasteiger partial charge on any atom is 0.416 e. The van der Waals surface area contributed by atoms with Gasteiger partial charge in [-0.1, -0.05) is 19.1 Å². The summed E-state index contributed by atoms with van der Waals surface area (Å²) in [7, 11) is 2.84. The lowest BCUT2D eigenvalue weighted by Crippen LogP contribution is -2.35. The Balaban J connectivity index is 2.46. The molecule has 0 spiro atoms. The molecule has 2 amide bonds. The second-order valence-electron chi connectivity index (χ2n) is 6.60. The van der Waals surface area contributed by atoms with Crippen molar-refractivity contribution in [2.24, 2.45) is 0 Å². The molecule has 0 aromatic heterocycles. The molecule has 0 saturated heterocycles. The number of halogens is 3. The van der Waals surface area contributed by atoms with E-state index in [4.69, 9.17) is 4.74 Å². The first kappa shape index (κ1) is 21.6. The van der Waals surface area contributed by atoms with Gasteiger partial charge in [0.1, 0.15) is 12.4 Å². The highest BCUT2D eigenvalue weighted by Gasteiger charge is 2.35. The number of urea groups is 1. The summed E-state index contributed by atoms with van der Waals surface area (Å²) >= 11 is 0. The van der Waals surface area contributed by atoms with Crippen LogP contribution in [0, 0.1) is 13.8 Å². The predicted octanol–water partition coefficient (Wildman–Crippen LogP) is 5.24. The number of aryl methyl sites for hydroxylation is 3. The SMILES string of the molecule is CCc1cc(C)c(OCc2c(N(C)C(=O)NC)cccc2C(F)(F)F)cc1C. The van der Waals surface area contributed by atoms with E-state index in [0.717, 1.165) is 28.5 Å². The van der Waals surface area contributed by atoms with Crippen LogP contribution in [0.3, 0.4) is 0 Å². The average molecular weight is 394 g/mol. The molecule has 152 valence electrons. The Morgan fingerprint density at radius 1 is 1.18 bits per heavy atom. The molecule has 28 heavy (non-hydrogen) atoms. The fraction of sp³-hybridized carbons (Fsp3) is 0.381. The van der Waals surface area contributed by atoms with Crippen molar-refractivity contribution in [2.75, 3.05) is 19.0 Å². The van der Waals surface area contributed by atoms with Gasteiger partial charge in [-0.05, 0) is 55.2 Å². The molecular weight excluding hydrogens is 369 g/mol. The molecule has 1 N–H and O–H groups in total. The van der Waals surface area contributed by atoms with Gasteiger partial charge in [0.05, 0.1) is 11.3 Å². The smallest absolute Gasteiger partial charge is 0.416 e. The van der Waals surface area contributed by atoms with Gasteiger partial charge in [-0.15, -0.1) is 0 Å². The van der Waals surface area contributed by atoms with Crippen molar-refractivity contribution in [3.05, 3.63) is 58.1 Å². The van der Waals surface area contributed by atoms with Crippen molar-refractivity contribution in [3.63, 3.8) is 0 Å². The first-order valence-electron chi connectivity index (χ1n) is 8.97. The fourth-order valence-electron chi connectivity index (χ4n) is 3.12. The van der Waals surface area contributed by atoms with Gasteiger partial charge in [0.2, 0.25) is 0 Å². The summed E-state index contributed by atoms with van der Waals surface area (Å²) in [5.41, 5.74) is 2.29. The average Bonchev–Trinajstić information content (AvgIpc) is 2.65. The van der Waals surface area contributed by atoms with Gasteiger partial charge in [0.25, 0.3) is 0 Å². The van der Waals surface area contributed by atoms with Gasteiger partial charge < -0.3 is 10.1 Å². The zero-order valence-corrected chi connectivity index (χ0v) is 16.7. The molecule has 2 aromatic carbocycles. The van der Waals surface area contributed by atoms with E-state index in [-0.39, 0.29) is 17.9 Å². The normalized spacial score (nSPS) is 11.3. The summed E-state index contributed by atoms with van der Waals surface area (Å²) in [5, 5.41) is 2.42. The highest BCUT2D eigenvalue weighted by Crippen LogP contribution is 2.37. The molecule has 0 saturated carbocycles. The van der Waals surface area contributed by atoms with Crippen molar-refractivity contribution < 1.29 is 22.7 Å². The van der Waals surface area contributed by atoms with E-state index >= 15 is 0 Å².